The van der Waals surface area contributed by atoms with Crippen LogP contribution in [0.3, 0.4) is 0 Å². The van der Waals surface area contributed by atoms with Crippen LogP contribution in [0.25, 0.3) is 0 Å². The van der Waals surface area contributed by atoms with Crippen LogP contribution in [0.15, 0.2) is 12.3 Å². The molecule has 1 aliphatic heterocycles. The first-order valence-corrected chi connectivity index (χ1v) is 4.66. The number of piperidine rings is 1. The average molecular weight is 187 g/mol. The maximum Gasteiger partial charge on any atom is 0.137 e. The molecule has 0 aliphatic carbocycles. The van der Waals surface area contributed by atoms with Gasteiger partial charge in [0.15, 0.2) is 0 Å². The Morgan fingerprint density at radius 3 is 2.46 bits per heavy atom. The van der Waals surface area contributed by atoms with Gasteiger partial charge in [0.2, 0.25) is 0 Å². The third kappa shape index (κ3) is 2.69. The van der Waals surface area contributed by atoms with Crippen LogP contribution in [-0.4, -0.2) is 37.4 Å². The number of rotatable bonds is 3. The van der Waals surface area contributed by atoms with E-state index in [0.29, 0.717) is 12.8 Å². The second-order valence-electron chi connectivity index (χ2n) is 3.81. The molecule has 1 aliphatic rings. The Kier molecular flexibility index (Phi) is 3.31. The van der Waals surface area contributed by atoms with Crippen LogP contribution in [0, 0.1) is 0 Å². The Labute approximate surface area is 79.4 Å². The minimum atomic E-state index is -1.11. The van der Waals surface area contributed by atoms with Crippen molar-refractivity contribution in [1.29, 1.82) is 0 Å². The zero-order valence-corrected chi connectivity index (χ0v) is 8.48. The minimum Gasteiger partial charge on any atom is -0.381 e. The molecular weight excluding hydrogens is 169 g/mol. The number of hydrogen-bond acceptors (Lipinski definition) is 2. The van der Waals surface area contributed by atoms with Gasteiger partial charge in [-0.15, -0.1) is 0 Å². The lowest BCUT2D eigenvalue weighted by molar-refractivity contribution is -0.00184. The van der Waals surface area contributed by atoms with Crippen molar-refractivity contribution in [2.75, 3.05) is 26.8 Å². The molecule has 1 saturated heterocycles. The Morgan fingerprint density at radius 2 is 2.08 bits per heavy atom. The molecule has 13 heavy (non-hydrogen) atoms. The fourth-order valence-electron chi connectivity index (χ4n) is 1.69. The average Bonchev–Trinajstić information content (AvgIpc) is 2.05. The van der Waals surface area contributed by atoms with Crippen molar-refractivity contribution in [3.8, 4) is 0 Å². The van der Waals surface area contributed by atoms with Crippen LogP contribution in [0.4, 0.5) is 4.39 Å². The van der Waals surface area contributed by atoms with Crippen molar-refractivity contribution >= 4 is 0 Å². The SMILES string of the molecule is C=C(C)N1CCC(F)(COC)CC1. The fourth-order valence-corrected chi connectivity index (χ4v) is 1.69. The van der Waals surface area contributed by atoms with E-state index < -0.39 is 5.67 Å². The smallest absolute Gasteiger partial charge is 0.137 e. The zero-order valence-electron chi connectivity index (χ0n) is 8.48. The lowest BCUT2D eigenvalue weighted by atomic mass is 9.94. The molecule has 1 fully saturated rings. The van der Waals surface area contributed by atoms with Gasteiger partial charge in [-0.2, -0.15) is 0 Å². The number of likely N-dealkylation sites (tertiary alicyclic amines) is 1. The van der Waals surface area contributed by atoms with E-state index in [-0.39, 0.29) is 6.61 Å². The first-order valence-electron chi connectivity index (χ1n) is 4.66. The summed E-state index contributed by atoms with van der Waals surface area (Å²) < 4.78 is 18.7. The molecule has 0 N–H and O–H groups in total. The van der Waals surface area contributed by atoms with E-state index >= 15 is 0 Å². The molecule has 0 radical (unpaired) electrons. The van der Waals surface area contributed by atoms with Crippen LogP contribution in [-0.2, 0) is 4.74 Å². The molecule has 0 saturated carbocycles. The van der Waals surface area contributed by atoms with Gasteiger partial charge in [-0.3, -0.25) is 0 Å². The summed E-state index contributed by atoms with van der Waals surface area (Å²) in [5, 5.41) is 0. The maximum atomic E-state index is 13.8. The van der Waals surface area contributed by atoms with E-state index in [1.807, 2.05) is 6.92 Å². The lowest BCUT2D eigenvalue weighted by Crippen LogP contribution is -2.43. The number of halogens is 1. The molecule has 0 aromatic heterocycles. The van der Waals surface area contributed by atoms with E-state index in [2.05, 4.69) is 11.5 Å². The Morgan fingerprint density at radius 1 is 1.54 bits per heavy atom. The molecule has 0 aromatic carbocycles. The number of ether oxygens (including phenoxy) is 1. The Balaban J connectivity index is 2.41. The van der Waals surface area contributed by atoms with Gasteiger partial charge in [0, 0.05) is 38.7 Å². The third-order valence-electron chi connectivity index (χ3n) is 2.60. The summed E-state index contributed by atoms with van der Waals surface area (Å²) in [7, 11) is 1.55. The van der Waals surface area contributed by atoms with Gasteiger partial charge in [0.25, 0.3) is 0 Å². The number of methoxy groups -OCH3 is 1. The van der Waals surface area contributed by atoms with Gasteiger partial charge < -0.3 is 9.64 Å². The van der Waals surface area contributed by atoms with E-state index in [1.54, 1.807) is 7.11 Å². The largest absolute Gasteiger partial charge is 0.381 e. The first kappa shape index (κ1) is 10.5. The predicted octanol–water partition coefficient (Wildman–Crippen LogP) is 1.97. The van der Waals surface area contributed by atoms with Gasteiger partial charge in [-0.25, -0.2) is 4.39 Å². The molecule has 3 heteroatoms. The lowest BCUT2D eigenvalue weighted by Gasteiger charge is -2.37. The van der Waals surface area contributed by atoms with E-state index in [1.165, 1.54) is 0 Å². The molecule has 0 unspecified atom stereocenters. The quantitative estimate of drug-likeness (QED) is 0.669. The van der Waals surface area contributed by atoms with Gasteiger partial charge in [-0.1, -0.05) is 6.58 Å². The summed E-state index contributed by atoms with van der Waals surface area (Å²) in [6.07, 6.45) is 1.10. The van der Waals surface area contributed by atoms with E-state index in [9.17, 15) is 4.39 Å². The number of hydrogen-bond donors (Lipinski definition) is 0. The van der Waals surface area contributed by atoms with E-state index in [4.69, 9.17) is 4.74 Å². The summed E-state index contributed by atoms with van der Waals surface area (Å²) in [6.45, 7) is 7.54. The molecule has 2 nitrogen and oxygen atoms in total. The van der Waals surface area contributed by atoms with Gasteiger partial charge in [0.05, 0.1) is 6.61 Å². The number of nitrogens with zero attached hydrogens (tertiary/aromatic N) is 1. The first-order chi connectivity index (χ1) is 6.07. The second kappa shape index (κ2) is 4.09. The van der Waals surface area contributed by atoms with Gasteiger partial charge in [-0.05, 0) is 6.92 Å². The highest BCUT2D eigenvalue weighted by Gasteiger charge is 2.34. The standard InChI is InChI=1S/C10H18FNO/c1-9(2)12-6-4-10(11,5-7-12)8-13-3/h1,4-8H2,2-3H3. The molecule has 1 rings (SSSR count). The zero-order chi connectivity index (χ0) is 9.90. The Bertz CT molecular complexity index is 185. The van der Waals surface area contributed by atoms with Gasteiger partial charge >= 0.3 is 0 Å². The van der Waals surface area contributed by atoms with Crippen molar-refractivity contribution in [3.63, 3.8) is 0 Å². The van der Waals surface area contributed by atoms with Crippen molar-refractivity contribution in [2.45, 2.75) is 25.4 Å². The van der Waals surface area contributed by atoms with Crippen LogP contribution in [0.5, 0.6) is 0 Å². The maximum absolute atomic E-state index is 13.8. The summed E-state index contributed by atoms with van der Waals surface area (Å²) in [4.78, 5) is 2.12. The highest BCUT2D eigenvalue weighted by molar-refractivity contribution is 4.95. The molecule has 76 valence electrons. The topological polar surface area (TPSA) is 12.5 Å². The predicted molar refractivity (Wildman–Crippen MR) is 51.3 cm³/mol. The van der Waals surface area contributed by atoms with Crippen LogP contribution < -0.4 is 0 Å². The normalized spacial score (nSPS) is 21.6. The van der Waals surface area contributed by atoms with Crippen LogP contribution in [0.1, 0.15) is 19.8 Å². The highest BCUT2D eigenvalue weighted by Crippen LogP contribution is 2.27. The summed E-state index contributed by atoms with van der Waals surface area (Å²) in [5.41, 5.74) is -0.0831. The van der Waals surface area contributed by atoms with E-state index in [0.717, 1.165) is 18.8 Å². The van der Waals surface area contributed by atoms with Crippen molar-refractivity contribution in [1.82, 2.24) is 4.90 Å². The molecule has 0 bridgehead atoms. The van der Waals surface area contributed by atoms with Crippen molar-refractivity contribution < 1.29 is 9.13 Å². The molecule has 0 spiro atoms. The molecule has 0 aromatic rings. The monoisotopic (exact) mass is 187 g/mol. The summed E-state index contributed by atoms with van der Waals surface area (Å²) >= 11 is 0. The molecule has 1 heterocycles. The summed E-state index contributed by atoms with van der Waals surface area (Å²) in [5.74, 6) is 0. The van der Waals surface area contributed by atoms with Crippen molar-refractivity contribution in [2.24, 2.45) is 0 Å². The molecule has 0 atom stereocenters. The third-order valence-corrected chi connectivity index (χ3v) is 2.60. The highest BCUT2D eigenvalue weighted by atomic mass is 19.1. The summed E-state index contributed by atoms with van der Waals surface area (Å²) in [6, 6.07) is 0. The van der Waals surface area contributed by atoms with Gasteiger partial charge in [0.1, 0.15) is 5.67 Å². The second-order valence-corrected chi connectivity index (χ2v) is 3.81. The van der Waals surface area contributed by atoms with Crippen LogP contribution >= 0.6 is 0 Å². The molecular formula is C10H18FNO. The van der Waals surface area contributed by atoms with Crippen molar-refractivity contribution in [3.05, 3.63) is 12.3 Å². The number of allylic oxidation sites excluding steroid dienone is 1. The van der Waals surface area contributed by atoms with Crippen LogP contribution in [0.2, 0.25) is 0 Å². The Hall–Kier alpha value is -0.570. The minimum absolute atomic E-state index is 0.219. The fraction of sp³-hybridized carbons (Fsp3) is 0.800. The molecule has 0 amide bonds. The number of alkyl halides is 1.